The van der Waals surface area contributed by atoms with Crippen LogP contribution in [-0.2, 0) is 9.53 Å². The van der Waals surface area contributed by atoms with Crippen molar-refractivity contribution in [1.82, 2.24) is 4.90 Å². The van der Waals surface area contributed by atoms with E-state index >= 15 is 0 Å². The lowest BCUT2D eigenvalue weighted by molar-refractivity contribution is -0.144. The molecule has 1 atom stereocenters. The van der Waals surface area contributed by atoms with Gasteiger partial charge in [0.25, 0.3) is 5.91 Å². The van der Waals surface area contributed by atoms with E-state index in [1.165, 1.54) is 4.90 Å². The number of halogens is 2. The number of amides is 1. The minimum atomic E-state index is -1.19. The summed E-state index contributed by atoms with van der Waals surface area (Å²) in [6.07, 6.45) is 2.55. The number of carbonyl (C=O) groups excluding carboxylic acids is 1. The number of carboxylic acid groups (broad SMARTS) is 1. The van der Waals surface area contributed by atoms with Crippen LogP contribution in [0.1, 0.15) is 56.8 Å². The first kappa shape index (κ1) is 19.7. The number of hydrogen-bond donors (Lipinski definition) is 1. The quantitative estimate of drug-likeness (QED) is 0.846. The number of carboxylic acids is 1. The fourth-order valence-electron chi connectivity index (χ4n) is 4.28. The van der Waals surface area contributed by atoms with Gasteiger partial charge in [0.05, 0.1) is 12.2 Å². The lowest BCUT2D eigenvalue weighted by Gasteiger charge is -2.46. The van der Waals surface area contributed by atoms with Crippen LogP contribution in [0.25, 0.3) is 0 Å². The number of carbonyl (C=O) groups is 2. The van der Waals surface area contributed by atoms with E-state index < -0.39 is 35.3 Å². The second-order valence-corrected chi connectivity index (χ2v) is 8.55. The lowest BCUT2D eigenvalue weighted by atomic mass is 9.70. The van der Waals surface area contributed by atoms with Gasteiger partial charge in [-0.05, 0) is 49.1 Å². The highest BCUT2D eigenvalue weighted by Gasteiger charge is 2.55. The van der Waals surface area contributed by atoms with E-state index in [4.69, 9.17) is 4.74 Å². The van der Waals surface area contributed by atoms with Gasteiger partial charge in [-0.3, -0.25) is 9.69 Å². The Kier molecular flexibility index (Phi) is 5.01. The number of rotatable bonds is 2. The molecular weight excluding hydrogens is 356 g/mol. The van der Waals surface area contributed by atoms with Gasteiger partial charge in [0.15, 0.2) is 6.04 Å². The summed E-state index contributed by atoms with van der Waals surface area (Å²) in [6.45, 7) is 6.33. The van der Waals surface area contributed by atoms with Crippen molar-refractivity contribution in [3.8, 4) is 0 Å². The van der Waals surface area contributed by atoms with Crippen molar-refractivity contribution in [1.29, 1.82) is 0 Å². The Balaban J connectivity index is 1.93. The molecule has 27 heavy (non-hydrogen) atoms. The van der Waals surface area contributed by atoms with Gasteiger partial charge in [0.2, 0.25) is 0 Å². The van der Waals surface area contributed by atoms with Crippen LogP contribution in [0.3, 0.4) is 0 Å². The summed E-state index contributed by atoms with van der Waals surface area (Å²) in [5.41, 5.74) is -1.29. The fourth-order valence-corrected chi connectivity index (χ4v) is 4.28. The number of nitrogens with zero attached hydrogens (tertiary/aromatic N) is 1. The fraction of sp³-hybridized carbons (Fsp3) is 0.600. The molecule has 1 aromatic carbocycles. The van der Waals surface area contributed by atoms with Crippen LogP contribution in [0.2, 0.25) is 0 Å². The van der Waals surface area contributed by atoms with Crippen LogP contribution in [0, 0.1) is 23.0 Å². The lowest BCUT2D eigenvalue weighted by Crippen LogP contribution is -2.55. The molecule has 1 amide bonds. The van der Waals surface area contributed by atoms with Gasteiger partial charge in [-0.1, -0.05) is 20.8 Å². The van der Waals surface area contributed by atoms with E-state index in [1.807, 2.05) is 0 Å². The molecule has 1 N–H and O–H groups in total. The summed E-state index contributed by atoms with van der Waals surface area (Å²) in [6, 6.07) is 1.49. The van der Waals surface area contributed by atoms with Crippen LogP contribution < -0.4 is 0 Å². The highest BCUT2D eigenvalue weighted by Crippen LogP contribution is 2.47. The van der Waals surface area contributed by atoms with Gasteiger partial charge in [-0.2, -0.15) is 0 Å². The summed E-state index contributed by atoms with van der Waals surface area (Å²) in [4.78, 5) is 25.9. The first-order chi connectivity index (χ1) is 12.5. The second kappa shape index (κ2) is 6.86. The molecular formula is C20H25F2NO4. The molecule has 5 nitrogen and oxygen atoms in total. The van der Waals surface area contributed by atoms with Crippen LogP contribution in [0.15, 0.2) is 18.2 Å². The molecule has 2 fully saturated rings. The van der Waals surface area contributed by atoms with E-state index in [-0.39, 0.29) is 17.6 Å². The Morgan fingerprint density at radius 1 is 1.22 bits per heavy atom. The van der Waals surface area contributed by atoms with Crippen molar-refractivity contribution >= 4 is 11.9 Å². The van der Waals surface area contributed by atoms with Crippen LogP contribution in [-0.4, -0.2) is 40.3 Å². The normalized spacial score (nSPS) is 28.6. The van der Waals surface area contributed by atoms with Crippen molar-refractivity contribution in [3.63, 3.8) is 0 Å². The zero-order valence-corrected chi connectivity index (χ0v) is 15.8. The zero-order valence-electron chi connectivity index (χ0n) is 15.8. The highest BCUT2D eigenvalue weighted by molar-refractivity contribution is 5.97. The number of hydrogen-bond acceptors (Lipinski definition) is 3. The average Bonchev–Trinajstić information content (AvgIpc) is 2.93. The molecule has 1 spiro atoms. The van der Waals surface area contributed by atoms with E-state index in [0.29, 0.717) is 24.8 Å². The van der Waals surface area contributed by atoms with Crippen molar-refractivity contribution in [3.05, 3.63) is 35.4 Å². The predicted octanol–water partition coefficient (Wildman–Crippen LogP) is 3.82. The average molecular weight is 381 g/mol. The maximum Gasteiger partial charge on any atom is 0.328 e. The van der Waals surface area contributed by atoms with Crippen molar-refractivity contribution in [2.45, 2.75) is 58.2 Å². The Morgan fingerprint density at radius 3 is 2.37 bits per heavy atom. The monoisotopic (exact) mass is 381 g/mol. The Labute approximate surface area is 157 Å². The SMILES string of the molecule is CC(C)(C)C1CCC2(CC1)OCC(C(=O)O)N2C(=O)c1ccc(F)cc1F. The molecule has 7 heteroatoms. The minimum Gasteiger partial charge on any atom is -0.480 e. The standard InChI is InChI=1S/C20H25F2NO4/c1-19(2,3)12-6-8-20(9-7-12)23(16(11-27-20)18(25)26)17(24)14-5-4-13(21)10-15(14)22/h4-5,10,12,16H,6-9,11H2,1-3H3,(H,25,26). The third-order valence-corrected chi connectivity index (χ3v) is 5.92. The van der Waals surface area contributed by atoms with Crippen LogP contribution in [0.5, 0.6) is 0 Å². The van der Waals surface area contributed by atoms with Crippen molar-refractivity contribution < 1.29 is 28.2 Å². The predicted molar refractivity (Wildman–Crippen MR) is 94.0 cm³/mol. The summed E-state index contributed by atoms with van der Waals surface area (Å²) in [5, 5.41) is 9.56. The molecule has 1 saturated heterocycles. The molecule has 1 heterocycles. The Hall–Kier alpha value is -2.02. The van der Waals surface area contributed by atoms with E-state index in [2.05, 4.69) is 20.8 Å². The molecule has 0 radical (unpaired) electrons. The molecule has 1 aliphatic heterocycles. The third kappa shape index (κ3) is 3.57. The molecule has 1 aliphatic carbocycles. The van der Waals surface area contributed by atoms with Gasteiger partial charge in [-0.15, -0.1) is 0 Å². The summed E-state index contributed by atoms with van der Waals surface area (Å²) >= 11 is 0. The highest BCUT2D eigenvalue weighted by atomic mass is 19.1. The van der Waals surface area contributed by atoms with Crippen LogP contribution >= 0.6 is 0 Å². The van der Waals surface area contributed by atoms with Crippen molar-refractivity contribution in [2.24, 2.45) is 11.3 Å². The second-order valence-electron chi connectivity index (χ2n) is 8.55. The summed E-state index contributed by atoms with van der Waals surface area (Å²) < 4.78 is 33.3. The molecule has 1 saturated carbocycles. The molecule has 1 aromatic rings. The van der Waals surface area contributed by atoms with E-state index in [1.54, 1.807) is 0 Å². The molecule has 0 aromatic heterocycles. The number of benzene rings is 1. The number of aliphatic carboxylic acids is 1. The first-order valence-corrected chi connectivity index (χ1v) is 9.21. The maximum atomic E-state index is 14.2. The summed E-state index contributed by atoms with van der Waals surface area (Å²) in [5.74, 6) is -3.34. The zero-order chi connectivity index (χ0) is 20.0. The van der Waals surface area contributed by atoms with Gasteiger partial charge in [-0.25, -0.2) is 13.6 Å². The molecule has 0 bridgehead atoms. The van der Waals surface area contributed by atoms with E-state index in [9.17, 15) is 23.5 Å². The summed E-state index contributed by atoms with van der Waals surface area (Å²) in [7, 11) is 0. The maximum absolute atomic E-state index is 14.2. The van der Waals surface area contributed by atoms with Gasteiger partial charge in [0, 0.05) is 6.07 Å². The van der Waals surface area contributed by atoms with Crippen molar-refractivity contribution in [2.75, 3.05) is 6.61 Å². The Morgan fingerprint density at radius 2 is 1.85 bits per heavy atom. The largest absolute Gasteiger partial charge is 0.480 e. The number of ether oxygens (including phenoxy) is 1. The van der Waals surface area contributed by atoms with Gasteiger partial charge < -0.3 is 9.84 Å². The van der Waals surface area contributed by atoms with Gasteiger partial charge in [0.1, 0.15) is 17.4 Å². The third-order valence-electron chi connectivity index (χ3n) is 5.92. The minimum absolute atomic E-state index is 0.102. The van der Waals surface area contributed by atoms with E-state index in [0.717, 1.165) is 25.0 Å². The molecule has 3 rings (SSSR count). The Bertz CT molecular complexity index is 751. The smallest absolute Gasteiger partial charge is 0.328 e. The topological polar surface area (TPSA) is 66.8 Å². The molecule has 2 aliphatic rings. The molecule has 1 unspecified atom stereocenters. The van der Waals surface area contributed by atoms with Crippen LogP contribution in [0.4, 0.5) is 8.78 Å². The van der Waals surface area contributed by atoms with Gasteiger partial charge >= 0.3 is 5.97 Å². The molecule has 148 valence electrons. The first-order valence-electron chi connectivity index (χ1n) is 9.21.